The molecule has 3 aromatic rings. The molecule has 0 unspecified atom stereocenters. The molecular formula is C24H26FNO3. The Hall–Kier alpha value is -2.82. The first-order chi connectivity index (χ1) is 13.8. The van der Waals surface area contributed by atoms with Crippen LogP contribution >= 0.6 is 0 Å². The minimum atomic E-state index is -0.737. The van der Waals surface area contributed by atoms with Crippen LogP contribution in [0.4, 0.5) is 4.39 Å². The molecule has 0 spiro atoms. The highest BCUT2D eigenvalue weighted by Crippen LogP contribution is 2.47. The maximum absolute atomic E-state index is 13.9. The lowest BCUT2D eigenvalue weighted by Gasteiger charge is -2.19. The monoisotopic (exact) mass is 395 g/mol. The van der Waals surface area contributed by atoms with Crippen LogP contribution in [0, 0.1) is 18.7 Å². The molecule has 29 heavy (non-hydrogen) atoms. The van der Waals surface area contributed by atoms with Crippen LogP contribution in [0.15, 0.2) is 36.4 Å². The Balaban J connectivity index is 2.00. The van der Waals surface area contributed by atoms with Gasteiger partial charge in [-0.05, 0) is 85.5 Å². The number of fused-ring (bicyclic) bond motifs is 1. The molecule has 1 aliphatic carbocycles. The number of aliphatic carboxylic acids is 1. The lowest BCUT2D eigenvalue weighted by atomic mass is 9.90. The number of hydrogen-bond donors (Lipinski definition) is 2. The zero-order chi connectivity index (χ0) is 20.9. The second-order valence-electron chi connectivity index (χ2n) is 8.47. The molecule has 0 amide bonds. The summed E-state index contributed by atoms with van der Waals surface area (Å²) in [5, 5.41) is 20.6. The molecule has 0 radical (unpaired) electrons. The highest BCUT2D eigenvalue weighted by atomic mass is 19.1. The lowest BCUT2D eigenvalue weighted by Crippen LogP contribution is -2.10. The third-order valence-electron chi connectivity index (χ3n) is 6.16. The van der Waals surface area contributed by atoms with Crippen LogP contribution in [0.2, 0.25) is 0 Å². The van der Waals surface area contributed by atoms with Crippen molar-refractivity contribution in [2.45, 2.75) is 51.9 Å². The number of hydrogen-bond acceptors (Lipinski definition) is 2. The van der Waals surface area contributed by atoms with E-state index in [2.05, 4.69) is 18.4 Å². The van der Waals surface area contributed by atoms with Gasteiger partial charge >= 0.3 is 5.97 Å². The molecular weight excluding hydrogens is 369 g/mol. The molecule has 1 aromatic heterocycles. The van der Waals surface area contributed by atoms with Crippen LogP contribution in [0.3, 0.4) is 0 Å². The number of benzene rings is 2. The normalized spacial score (nSPS) is 19.3. The number of carboxylic acids is 1. The van der Waals surface area contributed by atoms with Crippen molar-refractivity contribution in [2.24, 2.45) is 5.92 Å². The molecule has 4 rings (SSSR count). The van der Waals surface area contributed by atoms with Gasteiger partial charge in [-0.3, -0.25) is 4.79 Å². The van der Waals surface area contributed by atoms with Crippen LogP contribution in [0.5, 0.6) is 5.75 Å². The van der Waals surface area contributed by atoms with Crippen molar-refractivity contribution in [3.05, 3.63) is 59.0 Å². The van der Waals surface area contributed by atoms with Crippen molar-refractivity contribution < 1.29 is 19.4 Å². The summed E-state index contributed by atoms with van der Waals surface area (Å²) in [5.41, 5.74) is 4.63. The Morgan fingerprint density at radius 1 is 1.17 bits per heavy atom. The van der Waals surface area contributed by atoms with Gasteiger partial charge in [0, 0.05) is 16.8 Å². The van der Waals surface area contributed by atoms with E-state index in [0.29, 0.717) is 18.4 Å². The molecule has 1 saturated carbocycles. The average Bonchev–Trinajstić information content (AvgIpc) is 3.26. The predicted molar refractivity (Wildman–Crippen MR) is 111 cm³/mol. The fraction of sp³-hybridized carbons (Fsp3) is 0.375. The molecule has 2 aromatic carbocycles. The van der Waals surface area contributed by atoms with Gasteiger partial charge in [0.25, 0.3) is 0 Å². The van der Waals surface area contributed by atoms with Gasteiger partial charge in [-0.1, -0.05) is 13.8 Å². The number of carboxylic acid groups (broad SMARTS) is 1. The third-order valence-corrected chi connectivity index (χ3v) is 6.16. The summed E-state index contributed by atoms with van der Waals surface area (Å²) < 4.78 is 16.1. The summed E-state index contributed by atoms with van der Waals surface area (Å²) in [5.74, 6) is -0.818. The topological polar surface area (TPSA) is 62.5 Å². The standard InChI is InChI=1S/C24H26FNO3/c1-13(2)23-22(15-4-5-16(11-15)24(28)29)19-12-18(27)7-9-21(19)26(23)17-6-8-20(25)14(3)10-17/h6-10,12-13,15-16,27H,4-5,11H2,1-3H3,(H,28,29)/t15-,16+/m0/s1. The molecule has 1 heterocycles. The van der Waals surface area contributed by atoms with Crippen molar-refractivity contribution in [1.29, 1.82) is 0 Å². The van der Waals surface area contributed by atoms with Gasteiger partial charge < -0.3 is 14.8 Å². The Kier molecular flexibility index (Phi) is 4.85. The number of rotatable bonds is 4. The maximum Gasteiger partial charge on any atom is 0.306 e. The number of halogens is 1. The van der Waals surface area contributed by atoms with Crippen LogP contribution in [0.25, 0.3) is 16.6 Å². The SMILES string of the molecule is Cc1cc(-n2c(C(C)C)c([C@H]3CC[C@@H](C(=O)O)C3)c3cc(O)ccc32)ccc1F. The number of carbonyl (C=O) groups is 1. The van der Waals surface area contributed by atoms with Gasteiger partial charge in [0.05, 0.1) is 11.4 Å². The summed E-state index contributed by atoms with van der Waals surface area (Å²) in [7, 11) is 0. The zero-order valence-corrected chi connectivity index (χ0v) is 16.9. The summed E-state index contributed by atoms with van der Waals surface area (Å²) in [6, 6.07) is 10.4. The first-order valence-corrected chi connectivity index (χ1v) is 10.1. The Morgan fingerprint density at radius 2 is 1.93 bits per heavy atom. The minimum absolute atomic E-state index is 0.126. The quantitative estimate of drug-likeness (QED) is 0.580. The highest BCUT2D eigenvalue weighted by molar-refractivity contribution is 5.89. The first kappa shape index (κ1) is 19.5. The second kappa shape index (κ2) is 7.21. The van der Waals surface area contributed by atoms with Gasteiger partial charge in [-0.2, -0.15) is 0 Å². The summed E-state index contributed by atoms with van der Waals surface area (Å²) >= 11 is 0. The van der Waals surface area contributed by atoms with Crippen LogP contribution < -0.4 is 0 Å². The smallest absolute Gasteiger partial charge is 0.306 e. The van der Waals surface area contributed by atoms with E-state index in [9.17, 15) is 19.4 Å². The van der Waals surface area contributed by atoms with E-state index in [1.54, 1.807) is 25.1 Å². The molecule has 5 heteroatoms. The summed E-state index contributed by atoms with van der Waals surface area (Å²) in [6.07, 6.45) is 2.08. The summed E-state index contributed by atoms with van der Waals surface area (Å²) in [6.45, 7) is 5.99. The van der Waals surface area contributed by atoms with E-state index in [0.717, 1.165) is 34.3 Å². The van der Waals surface area contributed by atoms with Crippen LogP contribution in [0.1, 0.15) is 61.8 Å². The van der Waals surface area contributed by atoms with E-state index >= 15 is 0 Å². The Morgan fingerprint density at radius 3 is 2.55 bits per heavy atom. The molecule has 1 aliphatic rings. The van der Waals surface area contributed by atoms with Crippen LogP contribution in [-0.4, -0.2) is 20.7 Å². The number of phenols is 1. The van der Waals surface area contributed by atoms with Gasteiger partial charge in [-0.15, -0.1) is 0 Å². The van der Waals surface area contributed by atoms with E-state index in [1.165, 1.54) is 6.07 Å². The number of aromatic hydroxyl groups is 1. The minimum Gasteiger partial charge on any atom is -0.508 e. The average molecular weight is 395 g/mol. The van der Waals surface area contributed by atoms with E-state index in [1.807, 2.05) is 12.1 Å². The van der Waals surface area contributed by atoms with Crippen molar-refractivity contribution in [3.8, 4) is 11.4 Å². The molecule has 4 nitrogen and oxygen atoms in total. The van der Waals surface area contributed by atoms with Crippen LogP contribution in [-0.2, 0) is 4.79 Å². The van der Waals surface area contributed by atoms with Crippen molar-refractivity contribution in [1.82, 2.24) is 4.57 Å². The molecule has 152 valence electrons. The van der Waals surface area contributed by atoms with Gasteiger partial charge in [-0.25, -0.2) is 4.39 Å². The molecule has 2 N–H and O–H groups in total. The molecule has 2 atom stereocenters. The van der Waals surface area contributed by atoms with Gasteiger partial charge in [0.2, 0.25) is 0 Å². The maximum atomic E-state index is 13.9. The second-order valence-corrected chi connectivity index (χ2v) is 8.47. The number of aryl methyl sites for hydroxylation is 1. The fourth-order valence-corrected chi connectivity index (χ4v) is 4.84. The van der Waals surface area contributed by atoms with E-state index in [4.69, 9.17) is 0 Å². The molecule has 0 bridgehead atoms. The van der Waals surface area contributed by atoms with Gasteiger partial charge in [0.15, 0.2) is 0 Å². The highest BCUT2D eigenvalue weighted by Gasteiger charge is 2.35. The first-order valence-electron chi connectivity index (χ1n) is 10.1. The van der Waals surface area contributed by atoms with Crippen molar-refractivity contribution in [3.63, 3.8) is 0 Å². The van der Waals surface area contributed by atoms with Crippen molar-refractivity contribution in [2.75, 3.05) is 0 Å². The molecule has 1 fully saturated rings. The van der Waals surface area contributed by atoms with E-state index < -0.39 is 5.97 Å². The number of nitrogens with zero attached hydrogens (tertiary/aromatic N) is 1. The van der Waals surface area contributed by atoms with Gasteiger partial charge in [0.1, 0.15) is 11.6 Å². The predicted octanol–water partition coefficient (Wildman–Crippen LogP) is 5.88. The lowest BCUT2D eigenvalue weighted by molar-refractivity contribution is -0.141. The van der Waals surface area contributed by atoms with Crippen molar-refractivity contribution >= 4 is 16.9 Å². The summed E-state index contributed by atoms with van der Waals surface area (Å²) in [4.78, 5) is 11.5. The third kappa shape index (κ3) is 3.28. The fourth-order valence-electron chi connectivity index (χ4n) is 4.84. The molecule has 0 saturated heterocycles. The molecule has 0 aliphatic heterocycles. The zero-order valence-electron chi connectivity index (χ0n) is 16.9. The number of phenolic OH excluding ortho intramolecular Hbond substituents is 1. The number of aromatic nitrogens is 1. The largest absolute Gasteiger partial charge is 0.508 e. The Bertz CT molecular complexity index is 1100. The van der Waals surface area contributed by atoms with E-state index in [-0.39, 0.29) is 29.3 Å². The Labute approximate surface area is 169 Å².